The lowest BCUT2D eigenvalue weighted by Crippen LogP contribution is -2.51. The minimum absolute atomic E-state index is 0.0707. The molecule has 3 heterocycles. The first kappa shape index (κ1) is 14.5. The number of nitrogens with one attached hydrogen (secondary N) is 2. The minimum atomic E-state index is -0.0715. The van der Waals surface area contributed by atoms with E-state index >= 15 is 0 Å². The molecule has 2 aliphatic rings. The second kappa shape index (κ2) is 6.53. The fourth-order valence-corrected chi connectivity index (χ4v) is 3.59. The van der Waals surface area contributed by atoms with Crippen LogP contribution in [0.1, 0.15) is 23.4 Å². The summed E-state index contributed by atoms with van der Waals surface area (Å²) in [5.74, 6) is 2.06. The van der Waals surface area contributed by atoms with E-state index in [1.165, 1.54) is 6.26 Å². The van der Waals surface area contributed by atoms with E-state index in [2.05, 4.69) is 10.6 Å². The van der Waals surface area contributed by atoms with Crippen molar-refractivity contribution >= 4 is 23.6 Å². The quantitative estimate of drug-likeness (QED) is 0.858. The van der Waals surface area contributed by atoms with Gasteiger partial charge in [-0.15, -0.1) is 11.8 Å². The minimum Gasteiger partial charge on any atom is -0.459 e. The van der Waals surface area contributed by atoms with Gasteiger partial charge < -0.3 is 14.6 Å². The van der Waals surface area contributed by atoms with Gasteiger partial charge in [-0.1, -0.05) is 0 Å². The molecule has 0 bridgehead atoms. The maximum absolute atomic E-state index is 12.1. The summed E-state index contributed by atoms with van der Waals surface area (Å²) < 4.78 is 5.14. The van der Waals surface area contributed by atoms with Crippen molar-refractivity contribution in [2.24, 2.45) is 0 Å². The number of carbonyl (C=O) groups is 2. The molecule has 2 amide bonds. The van der Waals surface area contributed by atoms with Crippen LogP contribution in [0, 0.1) is 0 Å². The van der Waals surface area contributed by atoms with Crippen molar-refractivity contribution in [3.63, 3.8) is 0 Å². The topological polar surface area (TPSA) is 74.6 Å². The van der Waals surface area contributed by atoms with Crippen molar-refractivity contribution in [3.8, 4) is 0 Å². The molecule has 3 rings (SSSR count). The lowest BCUT2D eigenvalue weighted by Gasteiger charge is -2.32. The number of likely N-dealkylation sites (tertiary alicyclic amines) is 1. The molecule has 1 unspecified atom stereocenters. The van der Waals surface area contributed by atoms with Crippen molar-refractivity contribution < 1.29 is 14.0 Å². The maximum atomic E-state index is 12.1. The highest BCUT2D eigenvalue weighted by atomic mass is 32.2. The lowest BCUT2D eigenvalue weighted by atomic mass is 10.0. The highest BCUT2D eigenvalue weighted by molar-refractivity contribution is 7.99. The number of rotatable bonds is 3. The lowest BCUT2D eigenvalue weighted by molar-refractivity contribution is -0.123. The number of thioether (sulfide) groups is 1. The fourth-order valence-electron chi connectivity index (χ4n) is 2.65. The van der Waals surface area contributed by atoms with Crippen LogP contribution in [0.5, 0.6) is 0 Å². The molecule has 2 N–H and O–H groups in total. The van der Waals surface area contributed by atoms with Gasteiger partial charge in [0.25, 0.3) is 5.91 Å². The van der Waals surface area contributed by atoms with E-state index < -0.39 is 0 Å². The molecule has 114 valence electrons. The SMILES string of the molecule is O=C(NC1CCN(C(=O)c2ccco2)CC1)C1CSCN1. The zero-order valence-electron chi connectivity index (χ0n) is 11.7. The first-order chi connectivity index (χ1) is 10.2. The van der Waals surface area contributed by atoms with Crippen LogP contribution >= 0.6 is 11.8 Å². The van der Waals surface area contributed by atoms with Crippen molar-refractivity contribution in [2.75, 3.05) is 24.7 Å². The van der Waals surface area contributed by atoms with Crippen LogP contribution in [0.15, 0.2) is 22.8 Å². The molecule has 0 aliphatic carbocycles. The molecule has 0 radical (unpaired) electrons. The van der Waals surface area contributed by atoms with Gasteiger partial charge in [0.15, 0.2) is 5.76 Å². The monoisotopic (exact) mass is 309 g/mol. The number of furan rings is 1. The summed E-state index contributed by atoms with van der Waals surface area (Å²) in [6, 6.07) is 3.48. The van der Waals surface area contributed by atoms with E-state index in [1.54, 1.807) is 28.8 Å². The zero-order valence-corrected chi connectivity index (χ0v) is 12.5. The summed E-state index contributed by atoms with van der Waals surface area (Å²) >= 11 is 1.74. The third-order valence-corrected chi connectivity index (χ3v) is 4.83. The summed E-state index contributed by atoms with van der Waals surface area (Å²) in [5, 5.41) is 6.24. The number of amides is 2. The third-order valence-electron chi connectivity index (χ3n) is 3.89. The Morgan fingerprint density at radius 2 is 2.19 bits per heavy atom. The van der Waals surface area contributed by atoms with Gasteiger partial charge in [-0.05, 0) is 25.0 Å². The Bertz CT molecular complexity index is 492. The Morgan fingerprint density at radius 3 is 2.81 bits per heavy atom. The van der Waals surface area contributed by atoms with Gasteiger partial charge in [0, 0.05) is 30.8 Å². The number of hydrogen-bond acceptors (Lipinski definition) is 5. The van der Waals surface area contributed by atoms with Gasteiger partial charge in [-0.25, -0.2) is 0 Å². The van der Waals surface area contributed by atoms with Crippen LogP contribution < -0.4 is 10.6 Å². The maximum Gasteiger partial charge on any atom is 0.289 e. The summed E-state index contributed by atoms with van der Waals surface area (Å²) in [6.07, 6.45) is 3.09. The Kier molecular flexibility index (Phi) is 4.50. The molecule has 2 fully saturated rings. The van der Waals surface area contributed by atoms with Crippen LogP contribution in [0.4, 0.5) is 0 Å². The van der Waals surface area contributed by atoms with Crippen LogP contribution in [0.3, 0.4) is 0 Å². The normalized spacial score (nSPS) is 23.2. The van der Waals surface area contributed by atoms with E-state index in [4.69, 9.17) is 4.42 Å². The predicted octanol–water partition coefficient (Wildman–Crippen LogP) is 0.663. The van der Waals surface area contributed by atoms with Gasteiger partial charge in [0.1, 0.15) is 0 Å². The molecule has 7 heteroatoms. The molecule has 2 aliphatic heterocycles. The van der Waals surface area contributed by atoms with E-state index in [-0.39, 0.29) is 23.9 Å². The Hall–Kier alpha value is -1.47. The predicted molar refractivity (Wildman–Crippen MR) is 80.0 cm³/mol. The summed E-state index contributed by atoms with van der Waals surface area (Å²) in [5.41, 5.74) is 0. The molecule has 0 aromatic carbocycles. The second-order valence-electron chi connectivity index (χ2n) is 5.32. The highest BCUT2D eigenvalue weighted by Gasteiger charge is 2.28. The molecule has 1 atom stereocenters. The largest absolute Gasteiger partial charge is 0.459 e. The summed E-state index contributed by atoms with van der Waals surface area (Å²) in [7, 11) is 0. The van der Waals surface area contributed by atoms with Crippen LogP contribution in [-0.2, 0) is 4.79 Å². The van der Waals surface area contributed by atoms with E-state index in [0.717, 1.165) is 24.5 Å². The first-order valence-corrected chi connectivity index (χ1v) is 8.34. The summed E-state index contributed by atoms with van der Waals surface area (Å²) in [6.45, 7) is 1.30. The number of carbonyl (C=O) groups excluding carboxylic acids is 2. The molecule has 0 spiro atoms. The molecule has 6 nitrogen and oxygen atoms in total. The molecular formula is C14H19N3O3S. The average molecular weight is 309 g/mol. The third kappa shape index (κ3) is 3.41. The van der Waals surface area contributed by atoms with Crippen molar-refractivity contribution in [1.82, 2.24) is 15.5 Å². The van der Waals surface area contributed by atoms with Gasteiger partial charge in [0.2, 0.25) is 5.91 Å². The van der Waals surface area contributed by atoms with E-state index in [0.29, 0.717) is 18.8 Å². The van der Waals surface area contributed by atoms with Crippen molar-refractivity contribution in [3.05, 3.63) is 24.2 Å². The highest BCUT2D eigenvalue weighted by Crippen LogP contribution is 2.15. The smallest absolute Gasteiger partial charge is 0.289 e. The molecule has 2 saturated heterocycles. The van der Waals surface area contributed by atoms with Crippen LogP contribution in [-0.4, -0.2) is 53.5 Å². The van der Waals surface area contributed by atoms with E-state index in [1.807, 2.05) is 0 Å². The number of piperidine rings is 1. The van der Waals surface area contributed by atoms with Gasteiger partial charge in [0.05, 0.1) is 12.3 Å². The Balaban J connectivity index is 1.46. The van der Waals surface area contributed by atoms with Gasteiger partial charge in [-0.2, -0.15) is 0 Å². The second-order valence-corrected chi connectivity index (χ2v) is 6.35. The van der Waals surface area contributed by atoms with Crippen LogP contribution in [0.25, 0.3) is 0 Å². The number of nitrogens with zero attached hydrogens (tertiary/aromatic N) is 1. The summed E-state index contributed by atoms with van der Waals surface area (Å²) in [4.78, 5) is 25.9. The molecule has 1 aromatic heterocycles. The Labute approximate surface area is 127 Å². The van der Waals surface area contributed by atoms with Crippen molar-refractivity contribution in [2.45, 2.75) is 24.9 Å². The molecule has 21 heavy (non-hydrogen) atoms. The standard InChI is InChI=1S/C14H19N3O3S/c18-13(11-8-21-9-15-11)16-10-3-5-17(6-4-10)14(19)12-2-1-7-20-12/h1-2,7,10-11,15H,3-6,8-9H2,(H,16,18). The number of hydrogen-bond donors (Lipinski definition) is 2. The van der Waals surface area contributed by atoms with E-state index in [9.17, 15) is 9.59 Å². The van der Waals surface area contributed by atoms with Crippen molar-refractivity contribution in [1.29, 1.82) is 0 Å². The molecule has 1 aromatic rings. The molecular weight excluding hydrogens is 290 g/mol. The zero-order chi connectivity index (χ0) is 14.7. The fraction of sp³-hybridized carbons (Fsp3) is 0.571. The average Bonchev–Trinajstić information content (AvgIpc) is 3.20. The van der Waals surface area contributed by atoms with Gasteiger partial charge >= 0.3 is 0 Å². The van der Waals surface area contributed by atoms with Crippen LogP contribution in [0.2, 0.25) is 0 Å². The Morgan fingerprint density at radius 1 is 1.38 bits per heavy atom. The first-order valence-electron chi connectivity index (χ1n) is 7.18. The van der Waals surface area contributed by atoms with Gasteiger partial charge in [-0.3, -0.25) is 14.9 Å². The molecule has 0 saturated carbocycles.